The molecule has 0 aliphatic carbocycles. The van der Waals surface area contributed by atoms with Crippen LogP contribution in [0.1, 0.15) is 32.2 Å². The summed E-state index contributed by atoms with van der Waals surface area (Å²) in [6.45, 7) is 8.05. The zero-order valence-electron chi connectivity index (χ0n) is 10.7. The van der Waals surface area contributed by atoms with Crippen LogP contribution < -0.4 is 5.32 Å². The Hall–Kier alpha value is -0.940. The molecule has 1 aromatic rings. The molecule has 1 aliphatic heterocycles. The van der Waals surface area contributed by atoms with E-state index in [4.69, 9.17) is 0 Å². The molecule has 2 rings (SSSR count). The van der Waals surface area contributed by atoms with Gasteiger partial charge in [-0.1, -0.05) is 0 Å². The number of hydrogen-bond donors (Lipinski definition) is 1. The van der Waals surface area contributed by atoms with E-state index in [0.29, 0.717) is 6.04 Å². The topological polar surface area (TPSA) is 46.0 Å². The molecule has 2 heterocycles. The summed E-state index contributed by atoms with van der Waals surface area (Å²) in [7, 11) is 0. The molecule has 0 aromatic carbocycles. The molecule has 1 aliphatic rings. The standard InChI is InChI=1S/C12H23N5/c1-12(17-11-14-10-15-17)9-13-5-4-8-16-6-2-3-7-16/h10-13H,2-9H2,1H3. The monoisotopic (exact) mass is 237 g/mol. The lowest BCUT2D eigenvalue weighted by Gasteiger charge is -2.15. The second kappa shape index (κ2) is 6.71. The fourth-order valence-electron chi connectivity index (χ4n) is 2.28. The van der Waals surface area contributed by atoms with Gasteiger partial charge in [-0.15, -0.1) is 0 Å². The Bertz CT molecular complexity index is 292. The van der Waals surface area contributed by atoms with E-state index in [2.05, 4.69) is 27.2 Å². The van der Waals surface area contributed by atoms with Gasteiger partial charge in [-0.2, -0.15) is 5.10 Å². The van der Waals surface area contributed by atoms with E-state index in [1.165, 1.54) is 38.9 Å². The van der Waals surface area contributed by atoms with Crippen LogP contribution in [0.15, 0.2) is 12.7 Å². The first-order valence-corrected chi connectivity index (χ1v) is 6.63. The summed E-state index contributed by atoms with van der Waals surface area (Å²) in [5.74, 6) is 0. The quantitative estimate of drug-likeness (QED) is 0.716. The number of hydrogen-bond acceptors (Lipinski definition) is 4. The van der Waals surface area contributed by atoms with Crippen molar-refractivity contribution in [1.29, 1.82) is 0 Å². The molecule has 1 unspecified atom stereocenters. The van der Waals surface area contributed by atoms with Gasteiger partial charge in [0.05, 0.1) is 6.04 Å². The number of likely N-dealkylation sites (tertiary alicyclic amines) is 1. The summed E-state index contributed by atoms with van der Waals surface area (Å²) in [4.78, 5) is 6.52. The Labute approximate surface area is 103 Å². The molecular weight excluding hydrogens is 214 g/mol. The zero-order chi connectivity index (χ0) is 11.9. The van der Waals surface area contributed by atoms with Crippen molar-refractivity contribution in [3.8, 4) is 0 Å². The Morgan fingerprint density at radius 1 is 1.35 bits per heavy atom. The van der Waals surface area contributed by atoms with Gasteiger partial charge in [-0.3, -0.25) is 0 Å². The van der Waals surface area contributed by atoms with Crippen LogP contribution in [0, 0.1) is 0 Å². The smallest absolute Gasteiger partial charge is 0.137 e. The SMILES string of the molecule is CC(CNCCCN1CCCC1)n1cncn1. The molecule has 0 amide bonds. The van der Waals surface area contributed by atoms with Crippen molar-refractivity contribution in [2.45, 2.75) is 32.2 Å². The third-order valence-electron chi connectivity index (χ3n) is 3.35. The van der Waals surface area contributed by atoms with Crippen LogP contribution >= 0.6 is 0 Å². The van der Waals surface area contributed by atoms with E-state index in [-0.39, 0.29) is 0 Å². The number of rotatable bonds is 7. The van der Waals surface area contributed by atoms with Crippen molar-refractivity contribution >= 4 is 0 Å². The first-order valence-electron chi connectivity index (χ1n) is 6.63. The van der Waals surface area contributed by atoms with E-state index in [9.17, 15) is 0 Å². The highest BCUT2D eigenvalue weighted by molar-refractivity contribution is 4.68. The average molecular weight is 237 g/mol. The molecule has 0 saturated carbocycles. The van der Waals surface area contributed by atoms with E-state index in [1.54, 1.807) is 12.7 Å². The van der Waals surface area contributed by atoms with Crippen LogP contribution in [0.25, 0.3) is 0 Å². The highest BCUT2D eigenvalue weighted by Crippen LogP contribution is 2.07. The summed E-state index contributed by atoms with van der Waals surface area (Å²) in [6.07, 6.45) is 7.37. The fraction of sp³-hybridized carbons (Fsp3) is 0.833. The Kier molecular flexibility index (Phi) is 4.94. The maximum atomic E-state index is 4.14. The number of aromatic nitrogens is 3. The predicted octanol–water partition coefficient (Wildman–Crippen LogP) is 0.915. The Morgan fingerprint density at radius 2 is 2.18 bits per heavy atom. The maximum absolute atomic E-state index is 4.14. The minimum atomic E-state index is 0.379. The van der Waals surface area contributed by atoms with Gasteiger partial charge in [0.25, 0.3) is 0 Å². The van der Waals surface area contributed by atoms with Crippen LogP contribution in [0.2, 0.25) is 0 Å². The van der Waals surface area contributed by atoms with Gasteiger partial charge >= 0.3 is 0 Å². The summed E-state index contributed by atoms with van der Waals surface area (Å²) < 4.78 is 1.90. The number of nitrogens with one attached hydrogen (secondary N) is 1. The molecule has 17 heavy (non-hydrogen) atoms. The van der Waals surface area contributed by atoms with Crippen molar-refractivity contribution in [2.75, 3.05) is 32.7 Å². The second-order valence-corrected chi connectivity index (χ2v) is 4.83. The molecule has 1 fully saturated rings. The van der Waals surface area contributed by atoms with Crippen LogP contribution in [-0.4, -0.2) is 52.4 Å². The van der Waals surface area contributed by atoms with E-state index >= 15 is 0 Å². The lowest BCUT2D eigenvalue weighted by atomic mass is 10.3. The van der Waals surface area contributed by atoms with Crippen molar-refractivity contribution in [3.05, 3.63) is 12.7 Å². The van der Waals surface area contributed by atoms with Crippen molar-refractivity contribution < 1.29 is 0 Å². The molecule has 1 saturated heterocycles. The molecule has 1 aromatic heterocycles. The van der Waals surface area contributed by atoms with Gasteiger partial charge in [0.2, 0.25) is 0 Å². The first-order chi connectivity index (χ1) is 8.36. The van der Waals surface area contributed by atoms with Gasteiger partial charge in [0, 0.05) is 6.54 Å². The second-order valence-electron chi connectivity index (χ2n) is 4.83. The van der Waals surface area contributed by atoms with Crippen molar-refractivity contribution in [3.63, 3.8) is 0 Å². The highest BCUT2D eigenvalue weighted by atomic mass is 15.3. The van der Waals surface area contributed by atoms with Gasteiger partial charge in [-0.05, 0) is 52.4 Å². The minimum Gasteiger partial charge on any atom is -0.315 e. The largest absolute Gasteiger partial charge is 0.315 e. The summed E-state index contributed by atoms with van der Waals surface area (Å²) in [5, 5.41) is 7.62. The minimum absolute atomic E-state index is 0.379. The first kappa shape index (κ1) is 12.5. The van der Waals surface area contributed by atoms with Gasteiger partial charge in [-0.25, -0.2) is 9.67 Å². The van der Waals surface area contributed by atoms with Crippen LogP contribution in [0.5, 0.6) is 0 Å². The third-order valence-corrected chi connectivity index (χ3v) is 3.35. The molecule has 5 heteroatoms. The molecule has 0 bridgehead atoms. The lowest BCUT2D eigenvalue weighted by Crippen LogP contribution is -2.28. The summed E-state index contributed by atoms with van der Waals surface area (Å²) >= 11 is 0. The van der Waals surface area contributed by atoms with Gasteiger partial charge < -0.3 is 10.2 Å². The zero-order valence-corrected chi connectivity index (χ0v) is 10.7. The fourth-order valence-corrected chi connectivity index (χ4v) is 2.28. The number of nitrogens with zero attached hydrogens (tertiary/aromatic N) is 4. The summed E-state index contributed by atoms with van der Waals surface area (Å²) in [5.41, 5.74) is 0. The molecule has 5 nitrogen and oxygen atoms in total. The van der Waals surface area contributed by atoms with Gasteiger partial charge in [0.1, 0.15) is 12.7 Å². The van der Waals surface area contributed by atoms with E-state index in [0.717, 1.165) is 13.1 Å². The van der Waals surface area contributed by atoms with Crippen LogP contribution in [0.4, 0.5) is 0 Å². The Morgan fingerprint density at radius 3 is 2.88 bits per heavy atom. The van der Waals surface area contributed by atoms with E-state index < -0.39 is 0 Å². The van der Waals surface area contributed by atoms with Gasteiger partial charge in [0.15, 0.2) is 0 Å². The molecule has 1 atom stereocenters. The average Bonchev–Trinajstić information content (AvgIpc) is 3.01. The highest BCUT2D eigenvalue weighted by Gasteiger charge is 2.10. The van der Waals surface area contributed by atoms with Crippen LogP contribution in [-0.2, 0) is 0 Å². The predicted molar refractivity (Wildman–Crippen MR) is 67.9 cm³/mol. The van der Waals surface area contributed by atoms with E-state index in [1.807, 2.05) is 4.68 Å². The molecular formula is C12H23N5. The molecule has 1 N–H and O–H groups in total. The normalized spacial score (nSPS) is 18.6. The maximum Gasteiger partial charge on any atom is 0.137 e. The molecule has 0 radical (unpaired) electrons. The summed E-state index contributed by atoms with van der Waals surface area (Å²) in [6, 6.07) is 0.379. The van der Waals surface area contributed by atoms with Crippen molar-refractivity contribution in [1.82, 2.24) is 25.0 Å². The Balaban J connectivity index is 1.51. The van der Waals surface area contributed by atoms with Crippen LogP contribution in [0.3, 0.4) is 0 Å². The third kappa shape index (κ3) is 4.09. The van der Waals surface area contributed by atoms with Crippen molar-refractivity contribution in [2.24, 2.45) is 0 Å². The lowest BCUT2D eigenvalue weighted by molar-refractivity contribution is 0.328. The molecule has 0 spiro atoms. The molecule has 96 valence electrons.